The highest BCUT2D eigenvalue weighted by Gasteiger charge is 2.22. The number of benzene rings is 2. The van der Waals surface area contributed by atoms with Crippen LogP contribution in [0.5, 0.6) is 0 Å². The fraction of sp³-hybridized carbons (Fsp3) is 0.348. The van der Waals surface area contributed by atoms with Crippen molar-refractivity contribution in [1.29, 1.82) is 0 Å². The van der Waals surface area contributed by atoms with Gasteiger partial charge < -0.3 is 10.6 Å². The van der Waals surface area contributed by atoms with Gasteiger partial charge in [-0.05, 0) is 37.1 Å². The van der Waals surface area contributed by atoms with Gasteiger partial charge in [0.25, 0.3) is 5.91 Å². The molecule has 2 heterocycles. The van der Waals surface area contributed by atoms with Crippen molar-refractivity contribution in [1.82, 2.24) is 20.5 Å². The van der Waals surface area contributed by atoms with Crippen LogP contribution in [-0.2, 0) is 11.2 Å². The molecule has 1 aliphatic heterocycles. The number of hydrogen-bond acceptors (Lipinski definition) is 5. The molecule has 0 saturated carbocycles. The molecule has 0 unspecified atom stereocenters. The molecule has 6 nitrogen and oxygen atoms in total. The molecule has 1 aliphatic rings. The van der Waals surface area contributed by atoms with Crippen LogP contribution in [0.4, 0.5) is 0 Å². The van der Waals surface area contributed by atoms with E-state index in [0.717, 1.165) is 42.9 Å². The molecule has 0 bridgehead atoms. The summed E-state index contributed by atoms with van der Waals surface area (Å²) in [4.78, 5) is 31.3. The van der Waals surface area contributed by atoms with E-state index in [1.807, 2.05) is 48.5 Å². The molecule has 0 atom stereocenters. The summed E-state index contributed by atoms with van der Waals surface area (Å²) in [5.41, 5.74) is 1.71. The number of piperidine rings is 1. The van der Waals surface area contributed by atoms with E-state index in [1.54, 1.807) is 11.3 Å². The van der Waals surface area contributed by atoms with E-state index in [-0.39, 0.29) is 17.9 Å². The average molecular weight is 423 g/mol. The van der Waals surface area contributed by atoms with Gasteiger partial charge in [0.2, 0.25) is 5.91 Å². The highest BCUT2D eigenvalue weighted by molar-refractivity contribution is 7.18. The quantitative estimate of drug-likeness (QED) is 0.614. The standard InChI is InChI=1S/C23H26N4O2S/c28-21(24-13-10-22-26-19-8-4-5-9-20(19)30-22)16-27-14-11-18(12-15-27)25-23(29)17-6-2-1-3-7-17/h1-9,18H,10-16H2,(H,24,28)(H,25,29). The monoisotopic (exact) mass is 422 g/mol. The van der Waals surface area contributed by atoms with Gasteiger partial charge in [0.1, 0.15) is 0 Å². The number of hydrogen-bond donors (Lipinski definition) is 2. The molecule has 0 radical (unpaired) electrons. The van der Waals surface area contributed by atoms with Crippen LogP contribution in [0.2, 0.25) is 0 Å². The summed E-state index contributed by atoms with van der Waals surface area (Å²) in [5, 5.41) is 7.15. The summed E-state index contributed by atoms with van der Waals surface area (Å²) in [6.45, 7) is 2.62. The SMILES string of the molecule is O=C(CN1CCC(NC(=O)c2ccccc2)CC1)NCCc1nc2ccccc2s1. The molecular formula is C23H26N4O2S. The number of likely N-dealkylation sites (tertiary alicyclic amines) is 1. The number of fused-ring (bicyclic) bond motifs is 1. The van der Waals surface area contributed by atoms with Gasteiger partial charge in [-0.1, -0.05) is 30.3 Å². The molecule has 0 aliphatic carbocycles. The second kappa shape index (κ2) is 9.82. The van der Waals surface area contributed by atoms with Crippen molar-refractivity contribution < 1.29 is 9.59 Å². The lowest BCUT2D eigenvalue weighted by molar-refractivity contribution is -0.122. The fourth-order valence-corrected chi connectivity index (χ4v) is 4.66. The maximum Gasteiger partial charge on any atom is 0.251 e. The Labute approximate surface area is 180 Å². The molecule has 2 N–H and O–H groups in total. The van der Waals surface area contributed by atoms with Gasteiger partial charge in [-0.2, -0.15) is 0 Å². The molecule has 4 rings (SSSR count). The van der Waals surface area contributed by atoms with Gasteiger partial charge in [-0.3, -0.25) is 14.5 Å². The summed E-state index contributed by atoms with van der Waals surface area (Å²) in [7, 11) is 0. The molecule has 1 aromatic heterocycles. The van der Waals surface area contributed by atoms with Crippen molar-refractivity contribution in [2.45, 2.75) is 25.3 Å². The van der Waals surface area contributed by atoms with Crippen LogP contribution in [0.25, 0.3) is 10.2 Å². The van der Waals surface area contributed by atoms with E-state index in [0.29, 0.717) is 18.7 Å². The van der Waals surface area contributed by atoms with Crippen LogP contribution in [0.3, 0.4) is 0 Å². The lowest BCUT2D eigenvalue weighted by atomic mass is 10.0. The van der Waals surface area contributed by atoms with Crippen molar-refractivity contribution in [2.75, 3.05) is 26.2 Å². The zero-order valence-corrected chi connectivity index (χ0v) is 17.7. The van der Waals surface area contributed by atoms with Crippen LogP contribution in [0.1, 0.15) is 28.2 Å². The van der Waals surface area contributed by atoms with Gasteiger partial charge >= 0.3 is 0 Å². The third-order valence-electron chi connectivity index (χ3n) is 5.33. The van der Waals surface area contributed by atoms with Crippen LogP contribution < -0.4 is 10.6 Å². The number of carbonyl (C=O) groups is 2. The molecule has 2 aromatic carbocycles. The van der Waals surface area contributed by atoms with E-state index < -0.39 is 0 Å². The molecule has 3 aromatic rings. The van der Waals surface area contributed by atoms with Crippen molar-refractivity contribution in [3.63, 3.8) is 0 Å². The summed E-state index contributed by atoms with van der Waals surface area (Å²) in [6.07, 6.45) is 2.47. The molecule has 7 heteroatoms. The first-order valence-corrected chi connectivity index (χ1v) is 11.2. The second-order valence-corrected chi connectivity index (χ2v) is 8.68. The average Bonchev–Trinajstić information content (AvgIpc) is 3.18. The minimum atomic E-state index is -0.0263. The Kier molecular flexibility index (Phi) is 6.71. The van der Waals surface area contributed by atoms with Gasteiger partial charge in [0, 0.05) is 37.7 Å². The normalized spacial score (nSPS) is 15.2. The summed E-state index contributed by atoms with van der Waals surface area (Å²) in [5.74, 6) is 0.0181. The van der Waals surface area contributed by atoms with Gasteiger partial charge in [-0.15, -0.1) is 11.3 Å². The lowest BCUT2D eigenvalue weighted by Crippen LogP contribution is -2.47. The minimum absolute atomic E-state index is 0.0263. The summed E-state index contributed by atoms with van der Waals surface area (Å²) < 4.78 is 1.18. The van der Waals surface area contributed by atoms with E-state index in [4.69, 9.17) is 0 Å². The third kappa shape index (κ3) is 5.43. The molecular weight excluding hydrogens is 396 g/mol. The number of nitrogens with zero attached hydrogens (tertiary/aromatic N) is 2. The van der Waals surface area contributed by atoms with Crippen molar-refractivity contribution in [3.05, 3.63) is 65.2 Å². The Bertz CT molecular complexity index is 964. The van der Waals surface area contributed by atoms with Gasteiger partial charge in [0.05, 0.1) is 21.8 Å². The van der Waals surface area contributed by atoms with E-state index in [9.17, 15) is 9.59 Å². The predicted octanol–water partition coefficient (Wildman–Crippen LogP) is 2.85. The minimum Gasteiger partial charge on any atom is -0.355 e. The Hall–Kier alpha value is -2.77. The summed E-state index contributed by atoms with van der Waals surface area (Å²) >= 11 is 1.68. The second-order valence-electron chi connectivity index (χ2n) is 7.57. The van der Waals surface area contributed by atoms with E-state index in [1.165, 1.54) is 4.70 Å². The Morgan fingerprint density at radius 3 is 2.53 bits per heavy atom. The first kappa shape index (κ1) is 20.5. The number of aromatic nitrogens is 1. The molecule has 1 fully saturated rings. The highest BCUT2D eigenvalue weighted by Crippen LogP contribution is 2.21. The topological polar surface area (TPSA) is 74.3 Å². The predicted molar refractivity (Wildman–Crippen MR) is 120 cm³/mol. The van der Waals surface area contributed by atoms with Crippen molar-refractivity contribution in [2.24, 2.45) is 0 Å². The maximum atomic E-state index is 12.3. The smallest absolute Gasteiger partial charge is 0.251 e. The number of amides is 2. The molecule has 156 valence electrons. The van der Waals surface area contributed by atoms with Crippen molar-refractivity contribution in [3.8, 4) is 0 Å². The highest BCUT2D eigenvalue weighted by atomic mass is 32.1. The molecule has 2 amide bonds. The van der Waals surface area contributed by atoms with Crippen LogP contribution >= 0.6 is 11.3 Å². The maximum absolute atomic E-state index is 12.3. The number of thiazole rings is 1. The van der Waals surface area contributed by atoms with Crippen LogP contribution in [0.15, 0.2) is 54.6 Å². The van der Waals surface area contributed by atoms with E-state index >= 15 is 0 Å². The van der Waals surface area contributed by atoms with Gasteiger partial charge in [-0.25, -0.2) is 4.98 Å². The lowest BCUT2D eigenvalue weighted by Gasteiger charge is -2.31. The number of rotatable bonds is 7. The number of nitrogens with one attached hydrogen (secondary N) is 2. The Morgan fingerprint density at radius 1 is 1.03 bits per heavy atom. The molecule has 1 saturated heterocycles. The third-order valence-corrected chi connectivity index (χ3v) is 6.42. The van der Waals surface area contributed by atoms with Gasteiger partial charge in [0.15, 0.2) is 0 Å². The van der Waals surface area contributed by atoms with Crippen molar-refractivity contribution >= 4 is 33.4 Å². The Balaban J connectivity index is 1.15. The first-order valence-electron chi connectivity index (χ1n) is 10.4. The molecule has 30 heavy (non-hydrogen) atoms. The van der Waals surface area contributed by atoms with Crippen LogP contribution in [0, 0.1) is 0 Å². The Morgan fingerprint density at radius 2 is 1.77 bits per heavy atom. The number of carbonyl (C=O) groups excluding carboxylic acids is 2. The first-order chi connectivity index (χ1) is 14.7. The van der Waals surface area contributed by atoms with Crippen LogP contribution in [-0.4, -0.2) is 53.9 Å². The largest absolute Gasteiger partial charge is 0.355 e. The van der Waals surface area contributed by atoms with E-state index in [2.05, 4.69) is 26.6 Å². The zero-order valence-electron chi connectivity index (χ0n) is 16.8. The fourth-order valence-electron chi connectivity index (χ4n) is 3.69. The molecule has 0 spiro atoms. The number of para-hydroxylation sites is 1. The summed E-state index contributed by atoms with van der Waals surface area (Å²) in [6, 6.07) is 17.5. The zero-order chi connectivity index (χ0) is 20.8.